The fourth-order valence-electron chi connectivity index (χ4n) is 0.564. The second-order valence-electron chi connectivity index (χ2n) is 2.10. The highest BCUT2D eigenvalue weighted by atomic mass is 16.6. The summed E-state index contributed by atoms with van der Waals surface area (Å²) in [5.41, 5.74) is 0. The Morgan fingerprint density at radius 2 is 2.00 bits per heavy atom. The van der Waals surface area contributed by atoms with Gasteiger partial charge in [0.25, 0.3) is 0 Å². The van der Waals surface area contributed by atoms with Crippen molar-refractivity contribution < 1.29 is 19.1 Å². The molecule has 0 amide bonds. The van der Waals surface area contributed by atoms with Gasteiger partial charge in [0.2, 0.25) is 0 Å². The van der Waals surface area contributed by atoms with Crippen LogP contribution in [0.1, 0.15) is 13.8 Å². The molecule has 0 rings (SSSR count). The molecule has 0 aliphatic carbocycles. The maximum Gasteiger partial charge on any atom is 0.346 e. The van der Waals surface area contributed by atoms with E-state index in [9.17, 15) is 9.59 Å². The minimum absolute atomic E-state index is 0.546. The number of carbonyl (C=O) groups is 2. The minimum atomic E-state index is -0.848. The molecule has 0 aliphatic rings. The normalized spacial score (nSPS) is 12.6. The van der Waals surface area contributed by atoms with Gasteiger partial charge in [-0.2, -0.15) is 0 Å². The summed E-state index contributed by atoms with van der Waals surface area (Å²) >= 11 is 0. The van der Waals surface area contributed by atoms with Crippen LogP contribution in [0.25, 0.3) is 0 Å². The van der Waals surface area contributed by atoms with E-state index in [1.54, 1.807) is 6.92 Å². The monoisotopic (exact) mass is 172 g/mol. The molecular weight excluding hydrogens is 160 g/mol. The van der Waals surface area contributed by atoms with E-state index in [0.29, 0.717) is 0 Å². The number of hydrogen-bond acceptors (Lipinski definition) is 4. The summed E-state index contributed by atoms with van der Waals surface area (Å²) in [5.74, 6) is -1.11. The Hall–Kier alpha value is -1.32. The molecule has 0 bridgehead atoms. The number of ether oxygens (including phenoxy) is 2. The lowest BCUT2D eigenvalue weighted by Gasteiger charge is -2.08. The fourth-order valence-corrected chi connectivity index (χ4v) is 0.564. The molecule has 0 radical (unpaired) electrons. The van der Waals surface area contributed by atoms with E-state index in [4.69, 9.17) is 0 Å². The zero-order valence-electron chi connectivity index (χ0n) is 7.37. The summed E-state index contributed by atoms with van der Waals surface area (Å²) in [6.07, 6.45) is 1.92. The summed E-state index contributed by atoms with van der Waals surface area (Å²) in [6, 6.07) is 0. The van der Waals surface area contributed by atoms with Crippen molar-refractivity contribution in [3.05, 3.63) is 12.2 Å². The molecule has 1 atom stereocenters. The van der Waals surface area contributed by atoms with Gasteiger partial charge in [0, 0.05) is 6.08 Å². The van der Waals surface area contributed by atoms with Crippen LogP contribution >= 0.6 is 0 Å². The van der Waals surface area contributed by atoms with Crippen molar-refractivity contribution in [3.63, 3.8) is 0 Å². The molecular formula is C8H12O4. The van der Waals surface area contributed by atoms with Gasteiger partial charge in [-0.3, -0.25) is 0 Å². The SMILES string of the molecule is C/C=C\C(=O)OC(C)C(=O)OC. The van der Waals surface area contributed by atoms with Crippen LogP contribution in [-0.4, -0.2) is 25.2 Å². The smallest absolute Gasteiger partial charge is 0.346 e. The van der Waals surface area contributed by atoms with Crippen molar-refractivity contribution in [2.75, 3.05) is 7.11 Å². The van der Waals surface area contributed by atoms with E-state index >= 15 is 0 Å². The maximum atomic E-state index is 10.8. The first-order valence-corrected chi connectivity index (χ1v) is 3.53. The van der Waals surface area contributed by atoms with Crippen LogP contribution in [0.2, 0.25) is 0 Å². The fraction of sp³-hybridized carbons (Fsp3) is 0.500. The summed E-state index contributed by atoms with van der Waals surface area (Å²) in [4.78, 5) is 21.5. The third kappa shape index (κ3) is 3.75. The van der Waals surface area contributed by atoms with E-state index in [0.717, 1.165) is 0 Å². The lowest BCUT2D eigenvalue weighted by molar-refractivity contribution is -0.161. The minimum Gasteiger partial charge on any atom is -0.466 e. The molecule has 0 N–H and O–H groups in total. The Morgan fingerprint density at radius 3 is 2.42 bits per heavy atom. The van der Waals surface area contributed by atoms with Crippen molar-refractivity contribution >= 4 is 11.9 Å². The molecule has 0 heterocycles. The number of hydrogen-bond donors (Lipinski definition) is 0. The molecule has 4 nitrogen and oxygen atoms in total. The summed E-state index contributed by atoms with van der Waals surface area (Å²) in [5, 5.41) is 0. The van der Waals surface area contributed by atoms with Gasteiger partial charge in [0.05, 0.1) is 7.11 Å². The lowest BCUT2D eigenvalue weighted by Crippen LogP contribution is -2.24. The molecule has 0 aromatic rings. The molecule has 0 aliphatic heterocycles. The Bertz CT molecular complexity index is 195. The molecule has 12 heavy (non-hydrogen) atoms. The van der Waals surface area contributed by atoms with Crippen molar-refractivity contribution in [2.24, 2.45) is 0 Å². The van der Waals surface area contributed by atoms with Crippen LogP contribution < -0.4 is 0 Å². The quantitative estimate of drug-likeness (QED) is 0.463. The van der Waals surface area contributed by atoms with E-state index in [2.05, 4.69) is 9.47 Å². The van der Waals surface area contributed by atoms with Gasteiger partial charge in [0.15, 0.2) is 6.10 Å². The Kier molecular flexibility index (Phi) is 4.76. The molecule has 0 aromatic heterocycles. The molecule has 0 saturated carbocycles. The van der Waals surface area contributed by atoms with Crippen LogP contribution in [0.3, 0.4) is 0 Å². The van der Waals surface area contributed by atoms with Crippen LogP contribution in [-0.2, 0) is 19.1 Å². The molecule has 0 saturated heterocycles. The zero-order valence-corrected chi connectivity index (χ0v) is 7.37. The average Bonchev–Trinajstić information content (AvgIpc) is 2.03. The van der Waals surface area contributed by atoms with Gasteiger partial charge in [0.1, 0.15) is 0 Å². The van der Waals surface area contributed by atoms with Crippen LogP contribution in [0.4, 0.5) is 0 Å². The van der Waals surface area contributed by atoms with E-state index < -0.39 is 18.0 Å². The van der Waals surface area contributed by atoms with E-state index in [-0.39, 0.29) is 0 Å². The highest BCUT2D eigenvalue weighted by Gasteiger charge is 2.15. The Labute approximate surface area is 71.2 Å². The summed E-state index contributed by atoms with van der Waals surface area (Å²) in [7, 11) is 1.24. The number of methoxy groups -OCH3 is 1. The average molecular weight is 172 g/mol. The molecule has 4 heteroatoms. The van der Waals surface area contributed by atoms with Crippen molar-refractivity contribution in [1.29, 1.82) is 0 Å². The number of esters is 2. The topological polar surface area (TPSA) is 52.6 Å². The van der Waals surface area contributed by atoms with Crippen LogP contribution in [0.5, 0.6) is 0 Å². The standard InChI is InChI=1S/C8H12O4/c1-4-5-7(9)12-6(2)8(10)11-3/h4-6H,1-3H3/b5-4-. The number of carbonyl (C=O) groups excluding carboxylic acids is 2. The van der Waals surface area contributed by atoms with Gasteiger partial charge < -0.3 is 9.47 Å². The lowest BCUT2D eigenvalue weighted by atomic mass is 10.4. The van der Waals surface area contributed by atoms with E-state index in [1.807, 2.05) is 0 Å². The first-order chi connectivity index (χ1) is 5.61. The van der Waals surface area contributed by atoms with Crippen molar-refractivity contribution in [1.82, 2.24) is 0 Å². The molecule has 0 spiro atoms. The Balaban J connectivity index is 3.92. The second kappa shape index (κ2) is 5.35. The first kappa shape index (κ1) is 10.7. The predicted molar refractivity (Wildman–Crippen MR) is 42.4 cm³/mol. The molecule has 0 fully saturated rings. The third-order valence-electron chi connectivity index (χ3n) is 1.13. The van der Waals surface area contributed by atoms with Gasteiger partial charge in [-0.25, -0.2) is 9.59 Å². The van der Waals surface area contributed by atoms with E-state index in [1.165, 1.54) is 26.2 Å². The van der Waals surface area contributed by atoms with Gasteiger partial charge in [-0.15, -0.1) is 0 Å². The first-order valence-electron chi connectivity index (χ1n) is 3.53. The van der Waals surface area contributed by atoms with Crippen molar-refractivity contribution in [3.8, 4) is 0 Å². The highest BCUT2D eigenvalue weighted by Crippen LogP contribution is 1.94. The Morgan fingerprint density at radius 1 is 1.42 bits per heavy atom. The van der Waals surface area contributed by atoms with Gasteiger partial charge in [-0.1, -0.05) is 6.08 Å². The van der Waals surface area contributed by atoms with Crippen LogP contribution in [0.15, 0.2) is 12.2 Å². The summed E-state index contributed by atoms with van der Waals surface area (Å²) in [6.45, 7) is 3.14. The molecule has 1 unspecified atom stereocenters. The maximum absolute atomic E-state index is 10.8. The zero-order chi connectivity index (χ0) is 9.56. The second-order valence-corrected chi connectivity index (χ2v) is 2.10. The predicted octanol–water partition coefficient (Wildman–Crippen LogP) is 0.667. The van der Waals surface area contributed by atoms with Gasteiger partial charge in [-0.05, 0) is 13.8 Å². The van der Waals surface area contributed by atoms with Crippen LogP contribution in [0, 0.1) is 0 Å². The number of rotatable bonds is 3. The molecule has 68 valence electrons. The largest absolute Gasteiger partial charge is 0.466 e. The molecule has 0 aromatic carbocycles. The number of allylic oxidation sites excluding steroid dienone is 1. The summed E-state index contributed by atoms with van der Waals surface area (Å²) < 4.78 is 8.99. The van der Waals surface area contributed by atoms with Gasteiger partial charge >= 0.3 is 11.9 Å². The van der Waals surface area contributed by atoms with Crippen molar-refractivity contribution in [2.45, 2.75) is 20.0 Å². The third-order valence-corrected chi connectivity index (χ3v) is 1.13. The highest BCUT2D eigenvalue weighted by molar-refractivity contribution is 5.85.